The minimum absolute atomic E-state index is 0.0597. The van der Waals surface area contributed by atoms with E-state index in [0.29, 0.717) is 17.3 Å². The molecule has 2 heterocycles. The zero-order chi connectivity index (χ0) is 23.4. The summed E-state index contributed by atoms with van der Waals surface area (Å²) in [6.07, 6.45) is 3.53. The molecular formula is C22H23ClN4O4S2. The van der Waals surface area contributed by atoms with Crippen LogP contribution in [0.5, 0.6) is 0 Å². The topological polar surface area (TPSA) is 112 Å². The molecule has 2 aromatic carbocycles. The van der Waals surface area contributed by atoms with Crippen LogP contribution in [-0.4, -0.2) is 43.6 Å². The molecule has 0 saturated carbocycles. The summed E-state index contributed by atoms with van der Waals surface area (Å²) in [5, 5.41) is 15.1. The normalized spacial score (nSPS) is 14.4. The third kappa shape index (κ3) is 5.47. The van der Waals surface area contributed by atoms with Crippen LogP contribution in [0.1, 0.15) is 18.4 Å². The maximum Gasteiger partial charge on any atom is 0.263 e. The van der Waals surface area contributed by atoms with Crippen LogP contribution in [0, 0.1) is 0 Å². The molecule has 1 aliphatic heterocycles. The van der Waals surface area contributed by atoms with Crippen LogP contribution < -0.4 is 14.9 Å². The number of fused-ring (bicyclic) bond motifs is 1. The van der Waals surface area contributed by atoms with Crippen LogP contribution in [0.3, 0.4) is 0 Å². The van der Waals surface area contributed by atoms with Gasteiger partial charge in [0.15, 0.2) is 5.13 Å². The van der Waals surface area contributed by atoms with Gasteiger partial charge in [-0.25, -0.2) is 13.4 Å². The SMILES string of the molecule is O=C(Nc1ccc(S(=O)(=O)Nc2nccs2)cc1)[C@H](CCO)N1CCCc2cc(Cl)ccc21. The molecule has 0 saturated heterocycles. The second kappa shape index (κ2) is 10.1. The molecule has 0 aliphatic carbocycles. The summed E-state index contributed by atoms with van der Waals surface area (Å²) in [5.41, 5.74) is 2.48. The second-order valence-electron chi connectivity index (χ2n) is 7.55. The van der Waals surface area contributed by atoms with Crippen LogP contribution in [0.2, 0.25) is 5.02 Å². The molecule has 174 valence electrons. The average molecular weight is 507 g/mol. The molecule has 1 atom stereocenters. The fourth-order valence-electron chi connectivity index (χ4n) is 3.86. The molecule has 3 N–H and O–H groups in total. The van der Waals surface area contributed by atoms with Gasteiger partial charge in [-0.1, -0.05) is 11.6 Å². The Labute approximate surface area is 201 Å². The number of aliphatic hydroxyl groups is 1. The predicted octanol–water partition coefficient (Wildman–Crippen LogP) is 3.74. The first-order valence-corrected chi connectivity index (χ1v) is 13.1. The average Bonchev–Trinajstić information content (AvgIpc) is 3.29. The molecule has 0 bridgehead atoms. The summed E-state index contributed by atoms with van der Waals surface area (Å²) in [4.78, 5) is 19.1. The Balaban J connectivity index is 1.49. The first-order valence-electron chi connectivity index (χ1n) is 10.4. The van der Waals surface area contributed by atoms with Crippen molar-refractivity contribution in [1.82, 2.24) is 4.98 Å². The van der Waals surface area contributed by atoms with E-state index >= 15 is 0 Å². The summed E-state index contributed by atoms with van der Waals surface area (Å²) >= 11 is 7.31. The predicted molar refractivity (Wildman–Crippen MR) is 131 cm³/mol. The Morgan fingerprint density at radius 2 is 2.03 bits per heavy atom. The minimum Gasteiger partial charge on any atom is -0.396 e. The highest BCUT2D eigenvalue weighted by Gasteiger charge is 2.29. The number of aromatic nitrogens is 1. The van der Waals surface area contributed by atoms with Gasteiger partial charge in [0.25, 0.3) is 10.0 Å². The number of aryl methyl sites for hydroxylation is 1. The lowest BCUT2D eigenvalue weighted by molar-refractivity contribution is -0.117. The highest BCUT2D eigenvalue weighted by Crippen LogP contribution is 2.32. The van der Waals surface area contributed by atoms with Crippen LogP contribution in [-0.2, 0) is 21.2 Å². The van der Waals surface area contributed by atoms with Crippen molar-refractivity contribution in [2.24, 2.45) is 0 Å². The van der Waals surface area contributed by atoms with Crippen molar-refractivity contribution in [3.05, 3.63) is 64.6 Å². The van der Waals surface area contributed by atoms with Gasteiger partial charge in [0.2, 0.25) is 5.91 Å². The number of benzene rings is 2. The number of sulfonamides is 1. The van der Waals surface area contributed by atoms with Gasteiger partial charge in [0.1, 0.15) is 6.04 Å². The molecule has 0 unspecified atom stereocenters. The molecule has 8 nitrogen and oxygen atoms in total. The third-order valence-electron chi connectivity index (χ3n) is 5.36. The van der Waals surface area contributed by atoms with E-state index < -0.39 is 16.1 Å². The van der Waals surface area contributed by atoms with Crippen molar-refractivity contribution < 1.29 is 18.3 Å². The summed E-state index contributed by atoms with van der Waals surface area (Å²) in [6, 6.07) is 11.0. The van der Waals surface area contributed by atoms with Crippen molar-refractivity contribution in [3.8, 4) is 0 Å². The number of amides is 1. The first kappa shape index (κ1) is 23.5. The lowest BCUT2D eigenvalue weighted by atomic mass is 9.98. The van der Waals surface area contributed by atoms with Gasteiger partial charge in [-0.2, -0.15) is 0 Å². The standard InChI is InChI=1S/C22H23ClN4O4S2/c23-16-3-8-19-15(14-16)2-1-11-27(19)20(9-12-28)21(29)25-17-4-6-18(7-5-17)33(30,31)26-22-24-10-13-32-22/h3-8,10,13-14,20,28H,1-2,9,11-12H2,(H,24,26)(H,25,29)/t20-/m0/s1. The van der Waals surface area contributed by atoms with Gasteiger partial charge in [-0.3, -0.25) is 9.52 Å². The third-order valence-corrected chi connectivity index (χ3v) is 7.77. The number of hydrogen-bond acceptors (Lipinski definition) is 7. The van der Waals surface area contributed by atoms with Crippen molar-refractivity contribution in [3.63, 3.8) is 0 Å². The number of aliphatic hydroxyl groups excluding tert-OH is 1. The monoisotopic (exact) mass is 506 g/mol. The van der Waals surface area contributed by atoms with Crippen LogP contribution in [0.4, 0.5) is 16.5 Å². The number of anilines is 3. The van der Waals surface area contributed by atoms with E-state index in [4.69, 9.17) is 11.6 Å². The number of carbonyl (C=O) groups excluding carboxylic acids is 1. The zero-order valence-corrected chi connectivity index (χ0v) is 20.0. The molecular weight excluding hydrogens is 484 g/mol. The maximum absolute atomic E-state index is 13.1. The lowest BCUT2D eigenvalue weighted by Crippen LogP contribution is -2.47. The van der Waals surface area contributed by atoms with E-state index in [1.165, 1.54) is 41.8 Å². The molecule has 0 radical (unpaired) electrons. The van der Waals surface area contributed by atoms with Crippen molar-refractivity contribution in [2.45, 2.75) is 30.2 Å². The molecule has 4 rings (SSSR count). The van der Waals surface area contributed by atoms with E-state index in [9.17, 15) is 18.3 Å². The quantitative estimate of drug-likeness (QED) is 0.429. The van der Waals surface area contributed by atoms with Crippen LogP contribution in [0.25, 0.3) is 0 Å². The molecule has 1 aliphatic rings. The fraction of sp³-hybridized carbons (Fsp3) is 0.273. The van der Waals surface area contributed by atoms with Gasteiger partial charge >= 0.3 is 0 Å². The molecule has 11 heteroatoms. The highest BCUT2D eigenvalue weighted by molar-refractivity contribution is 7.93. The summed E-state index contributed by atoms with van der Waals surface area (Å²) in [7, 11) is -3.77. The van der Waals surface area contributed by atoms with Crippen molar-refractivity contribution in [2.75, 3.05) is 28.1 Å². The van der Waals surface area contributed by atoms with Crippen LogP contribution >= 0.6 is 22.9 Å². The summed E-state index contributed by atoms with van der Waals surface area (Å²) < 4.78 is 27.4. The largest absolute Gasteiger partial charge is 0.396 e. The summed E-state index contributed by atoms with van der Waals surface area (Å²) in [5.74, 6) is -0.275. The fourth-order valence-corrected chi connectivity index (χ4v) is 5.84. The first-order chi connectivity index (χ1) is 15.9. The number of nitrogens with zero attached hydrogens (tertiary/aromatic N) is 2. The Morgan fingerprint density at radius 3 is 2.73 bits per heavy atom. The van der Waals surface area contributed by atoms with Gasteiger partial charge in [0, 0.05) is 41.1 Å². The minimum atomic E-state index is -3.77. The number of halogens is 1. The van der Waals surface area contributed by atoms with E-state index in [1.807, 2.05) is 17.0 Å². The zero-order valence-electron chi connectivity index (χ0n) is 17.6. The van der Waals surface area contributed by atoms with Crippen LogP contribution in [0.15, 0.2) is 58.9 Å². The Hall–Kier alpha value is -2.66. The number of hydrogen-bond donors (Lipinski definition) is 3. The summed E-state index contributed by atoms with van der Waals surface area (Å²) in [6.45, 7) is 0.545. The Morgan fingerprint density at radius 1 is 1.24 bits per heavy atom. The lowest BCUT2D eigenvalue weighted by Gasteiger charge is -2.37. The maximum atomic E-state index is 13.1. The number of rotatable bonds is 8. The molecule has 0 spiro atoms. The molecule has 3 aromatic rings. The van der Waals surface area contributed by atoms with E-state index in [2.05, 4.69) is 15.0 Å². The van der Waals surface area contributed by atoms with Gasteiger partial charge in [-0.15, -0.1) is 11.3 Å². The molecule has 33 heavy (non-hydrogen) atoms. The second-order valence-corrected chi connectivity index (χ2v) is 10.6. The van der Waals surface area contributed by atoms with Gasteiger partial charge in [-0.05, 0) is 67.3 Å². The molecule has 1 aromatic heterocycles. The van der Waals surface area contributed by atoms with E-state index in [-0.39, 0.29) is 29.0 Å². The van der Waals surface area contributed by atoms with Crippen molar-refractivity contribution >= 4 is 55.4 Å². The Kier molecular flexibility index (Phi) is 7.18. The van der Waals surface area contributed by atoms with Crippen molar-refractivity contribution in [1.29, 1.82) is 0 Å². The van der Waals surface area contributed by atoms with Gasteiger partial charge in [0.05, 0.1) is 4.90 Å². The van der Waals surface area contributed by atoms with E-state index in [1.54, 1.807) is 11.4 Å². The number of thiazole rings is 1. The molecule has 1 amide bonds. The van der Waals surface area contributed by atoms with Gasteiger partial charge < -0.3 is 15.3 Å². The smallest absolute Gasteiger partial charge is 0.263 e. The highest BCUT2D eigenvalue weighted by atomic mass is 35.5. The van der Waals surface area contributed by atoms with E-state index in [0.717, 1.165) is 24.1 Å². The number of nitrogens with one attached hydrogen (secondary N) is 2. The number of carbonyl (C=O) groups is 1. The molecule has 0 fully saturated rings. The Bertz CT molecular complexity index is 1220.